The summed E-state index contributed by atoms with van der Waals surface area (Å²) in [7, 11) is 1.65. The molecule has 0 amide bonds. The Balaban J connectivity index is 2.51. The number of halogens is 1. The van der Waals surface area contributed by atoms with E-state index in [0.717, 1.165) is 21.2 Å². The molecular formula is C11H11BrN2O2. The van der Waals surface area contributed by atoms with E-state index >= 15 is 0 Å². The highest BCUT2D eigenvalue weighted by Crippen LogP contribution is 2.30. The number of hydrogen-bond acceptors (Lipinski definition) is 4. The SMILES string of the molecule is COCc1cc(Br)ccc1-c1cnoc1N. The van der Waals surface area contributed by atoms with Gasteiger partial charge in [0, 0.05) is 11.6 Å². The summed E-state index contributed by atoms with van der Waals surface area (Å²) >= 11 is 3.42. The van der Waals surface area contributed by atoms with Gasteiger partial charge in [0.15, 0.2) is 0 Å². The van der Waals surface area contributed by atoms with Crippen LogP contribution in [0.1, 0.15) is 5.56 Å². The summed E-state index contributed by atoms with van der Waals surface area (Å²) in [5.41, 5.74) is 8.50. The highest BCUT2D eigenvalue weighted by Gasteiger charge is 2.11. The monoisotopic (exact) mass is 282 g/mol. The minimum Gasteiger partial charge on any atom is -0.380 e. The molecule has 4 nitrogen and oxygen atoms in total. The van der Waals surface area contributed by atoms with Crippen molar-refractivity contribution < 1.29 is 9.26 Å². The summed E-state index contributed by atoms with van der Waals surface area (Å²) in [5.74, 6) is 0.319. The number of nitrogens with two attached hydrogens (primary N) is 1. The van der Waals surface area contributed by atoms with Crippen molar-refractivity contribution >= 4 is 21.8 Å². The molecule has 0 atom stereocenters. The van der Waals surface area contributed by atoms with Crippen LogP contribution in [0.4, 0.5) is 5.88 Å². The Bertz CT molecular complexity index is 496. The zero-order chi connectivity index (χ0) is 11.5. The van der Waals surface area contributed by atoms with E-state index in [9.17, 15) is 0 Å². The van der Waals surface area contributed by atoms with Crippen molar-refractivity contribution in [3.63, 3.8) is 0 Å². The molecule has 84 valence electrons. The first-order valence-electron chi connectivity index (χ1n) is 4.70. The van der Waals surface area contributed by atoms with E-state index in [2.05, 4.69) is 21.1 Å². The van der Waals surface area contributed by atoms with E-state index in [1.54, 1.807) is 13.3 Å². The quantitative estimate of drug-likeness (QED) is 0.940. The number of aromatic nitrogens is 1. The standard InChI is InChI=1S/C11H11BrN2O2/c1-15-6-7-4-8(12)2-3-9(7)10-5-14-16-11(10)13/h2-5H,6,13H2,1H3. The lowest BCUT2D eigenvalue weighted by atomic mass is 10.0. The molecule has 1 aromatic heterocycles. The van der Waals surface area contributed by atoms with Gasteiger partial charge >= 0.3 is 0 Å². The maximum Gasteiger partial charge on any atom is 0.229 e. The average Bonchev–Trinajstić information content (AvgIpc) is 2.65. The molecule has 2 aromatic rings. The van der Waals surface area contributed by atoms with Gasteiger partial charge in [-0.05, 0) is 23.3 Å². The number of anilines is 1. The smallest absolute Gasteiger partial charge is 0.229 e. The van der Waals surface area contributed by atoms with Gasteiger partial charge in [-0.15, -0.1) is 0 Å². The highest BCUT2D eigenvalue weighted by atomic mass is 79.9. The van der Waals surface area contributed by atoms with Crippen LogP contribution < -0.4 is 5.73 Å². The second kappa shape index (κ2) is 4.67. The predicted octanol–water partition coefficient (Wildman–Crippen LogP) is 2.83. The van der Waals surface area contributed by atoms with E-state index in [0.29, 0.717) is 12.5 Å². The molecule has 2 rings (SSSR count). The summed E-state index contributed by atoms with van der Waals surface area (Å²) in [6, 6.07) is 5.90. The number of hydrogen-bond donors (Lipinski definition) is 1. The van der Waals surface area contributed by atoms with E-state index < -0.39 is 0 Å². The molecule has 16 heavy (non-hydrogen) atoms. The molecule has 1 heterocycles. The van der Waals surface area contributed by atoms with Gasteiger partial charge in [0.1, 0.15) is 0 Å². The molecule has 0 unspecified atom stereocenters. The van der Waals surface area contributed by atoms with Gasteiger partial charge < -0.3 is 15.0 Å². The molecule has 0 aliphatic carbocycles. The summed E-state index contributed by atoms with van der Waals surface area (Å²) in [6.07, 6.45) is 1.61. The Hall–Kier alpha value is -1.33. The molecule has 0 saturated heterocycles. The fraction of sp³-hybridized carbons (Fsp3) is 0.182. The molecule has 0 radical (unpaired) electrons. The minimum absolute atomic E-state index is 0.319. The average molecular weight is 283 g/mol. The zero-order valence-electron chi connectivity index (χ0n) is 8.74. The zero-order valence-corrected chi connectivity index (χ0v) is 10.3. The third-order valence-electron chi connectivity index (χ3n) is 2.26. The fourth-order valence-corrected chi connectivity index (χ4v) is 1.96. The third kappa shape index (κ3) is 2.10. The van der Waals surface area contributed by atoms with Crippen LogP contribution in [0.5, 0.6) is 0 Å². The molecule has 0 spiro atoms. The van der Waals surface area contributed by atoms with Gasteiger partial charge in [0.05, 0.1) is 18.4 Å². The van der Waals surface area contributed by atoms with Crippen molar-refractivity contribution in [3.8, 4) is 11.1 Å². The van der Waals surface area contributed by atoms with E-state index in [1.165, 1.54) is 0 Å². The van der Waals surface area contributed by atoms with Crippen molar-refractivity contribution in [2.45, 2.75) is 6.61 Å². The number of benzene rings is 1. The lowest BCUT2D eigenvalue weighted by Gasteiger charge is -2.07. The molecule has 0 bridgehead atoms. The number of methoxy groups -OCH3 is 1. The van der Waals surface area contributed by atoms with Crippen molar-refractivity contribution in [2.75, 3.05) is 12.8 Å². The molecule has 0 aliphatic heterocycles. The second-order valence-corrected chi connectivity index (χ2v) is 4.25. The van der Waals surface area contributed by atoms with Crippen LogP contribution in [0.25, 0.3) is 11.1 Å². The number of nitrogens with zero attached hydrogens (tertiary/aromatic N) is 1. The first-order valence-corrected chi connectivity index (χ1v) is 5.49. The normalized spacial score (nSPS) is 10.6. The van der Waals surface area contributed by atoms with Gasteiger partial charge in [-0.25, -0.2) is 0 Å². The van der Waals surface area contributed by atoms with Gasteiger partial charge in [-0.1, -0.05) is 27.2 Å². The van der Waals surface area contributed by atoms with Gasteiger partial charge in [0.2, 0.25) is 5.88 Å². The summed E-state index contributed by atoms with van der Waals surface area (Å²) in [4.78, 5) is 0. The van der Waals surface area contributed by atoms with E-state index in [4.69, 9.17) is 15.0 Å². The molecule has 0 fully saturated rings. The Morgan fingerprint density at radius 2 is 2.25 bits per heavy atom. The second-order valence-electron chi connectivity index (χ2n) is 3.34. The van der Waals surface area contributed by atoms with Crippen LogP contribution in [0.3, 0.4) is 0 Å². The van der Waals surface area contributed by atoms with Crippen molar-refractivity contribution in [1.82, 2.24) is 5.16 Å². The first kappa shape index (κ1) is 11.2. The van der Waals surface area contributed by atoms with Gasteiger partial charge in [-0.3, -0.25) is 0 Å². The van der Waals surface area contributed by atoms with Gasteiger partial charge in [-0.2, -0.15) is 0 Å². The highest BCUT2D eigenvalue weighted by molar-refractivity contribution is 9.10. The van der Waals surface area contributed by atoms with Crippen LogP contribution in [0, 0.1) is 0 Å². The van der Waals surface area contributed by atoms with Crippen LogP contribution in [0.15, 0.2) is 33.4 Å². The van der Waals surface area contributed by atoms with Crippen LogP contribution in [0.2, 0.25) is 0 Å². The van der Waals surface area contributed by atoms with Gasteiger partial charge in [0.25, 0.3) is 0 Å². The van der Waals surface area contributed by atoms with Crippen molar-refractivity contribution in [3.05, 3.63) is 34.4 Å². The summed E-state index contributed by atoms with van der Waals surface area (Å²) in [5, 5.41) is 3.67. The summed E-state index contributed by atoms with van der Waals surface area (Å²) in [6.45, 7) is 0.513. The van der Waals surface area contributed by atoms with Crippen LogP contribution in [-0.4, -0.2) is 12.3 Å². The lowest BCUT2D eigenvalue weighted by Crippen LogP contribution is -1.93. The first-order chi connectivity index (χ1) is 7.72. The third-order valence-corrected chi connectivity index (χ3v) is 2.75. The minimum atomic E-state index is 0.319. The number of ether oxygens (including phenoxy) is 1. The molecule has 2 N–H and O–H groups in total. The fourth-order valence-electron chi connectivity index (χ4n) is 1.55. The topological polar surface area (TPSA) is 61.3 Å². The predicted molar refractivity (Wildman–Crippen MR) is 64.8 cm³/mol. The van der Waals surface area contributed by atoms with E-state index in [1.807, 2.05) is 18.2 Å². The van der Waals surface area contributed by atoms with Crippen LogP contribution in [-0.2, 0) is 11.3 Å². The number of nitrogen functional groups attached to an aromatic ring is 1. The Labute approximate surface area is 102 Å². The number of rotatable bonds is 3. The maximum atomic E-state index is 5.69. The lowest BCUT2D eigenvalue weighted by molar-refractivity contribution is 0.185. The van der Waals surface area contributed by atoms with E-state index in [-0.39, 0.29) is 0 Å². The molecule has 5 heteroatoms. The van der Waals surface area contributed by atoms with Crippen LogP contribution >= 0.6 is 15.9 Å². The maximum absolute atomic E-state index is 5.69. The Morgan fingerprint density at radius 1 is 1.44 bits per heavy atom. The molecule has 1 aromatic carbocycles. The Morgan fingerprint density at radius 3 is 2.88 bits per heavy atom. The summed E-state index contributed by atoms with van der Waals surface area (Å²) < 4.78 is 11.0. The molecule has 0 aliphatic rings. The molecular weight excluding hydrogens is 272 g/mol. The van der Waals surface area contributed by atoms with Crippen molar-refractivity contribution in [1.29, 1.82) is 0 Å². The Kier molecular flexibility index (Phi) is 3.26. The molecule has 0 saturated carbocycles. The largest absolute Gasteiger partial charge is 0.380 e. The van der Waals surface area contributed by atoms with Crippen molar-refractivity contribution in [2.24, 2.45) is 0 Å².